The van der Waals surface area contributed by atoms with Crippen molar-refractivity contribution in [2.75, 3.05) is 18.5 Å². The fraction of sp³-hybridized carbons (Fsp3) is 0.120. The van der Waals surface area contributed by atoms with Crippen molar-refractivity contribution in [1.29, 1.82) is 0 Å². The van der Waals surface area contributed by atoms with E-state index in [9.17, 15) is 19.2 Å². The number of anilines is 1. The average molecular weight is 441 g/mol. The zero-order valence-electron chi connectivity index (χ0n) is 17.7. The largest absolute Gasteiger partial charge is 0.467 e. The molecule has 1 N–H and O–H groups in total. The number of rotatable bonds is 6. The van der Waals surface area contributed by atoms with Crippen LogP contribution in [0.1, 0.15) is 42.4 Å². The Bertz CT molecular complexity index is 1300. The van der Waals surface area contributed by atoms with Crippen LogP contribution in [0.4, 0.5) is 5.69 Å². The molecule has 0 saturated heterocycles. The Kier molecular flexibility index (Phi) is 5.79. The molecular weight excluding hydrogens is 422 g/mol. The number of benzene rings is 2. The molecule has 2 aromatic carbocycles. The summed E-state index contributed by atoms with van der Waals surface area (Å²) in [7, 11) is 1.47. The van der Waals surface area contributed by atoms with Crippen molar-refractivity contribution in [3.63, 3.8) is 0 Å². The van der Waals surface area contributed by atoms with Crippen LogP contribution in [-0.2, 0) is 11.3 Å². The lowest BCUT2D eigenvalue weighted by molar-refractivity contribution is -0.119. The molecule has 4 amide bonds. The Hall–Kier alpha value is -4.64. The molecule has 4 rings (SSSR count). The van der Waals surface area contributed by atoms with Gasteiger partial charge in [-0.3, -0.25) is 29.0 Å². The smallest absolute Gasteiger partial charge is 0.261 e. The SMILES string of the molecule is C#Cc1cccc(N(CC(=O)NC)C(=O)c2ccc3c(c2)C(=O)N(Cc2ccco2)C3=O)c1. The van der Waals surface area contributed by atoms with Gasteiger partial charge in [-0.05, 0) is 48.5 Å². The first-order valence-electron chi connectivity index (χ1n) is 10.0. The van der Waals surface area contributed by atoms with Crippen molar-refractivity contribution in [3.05, 3.63) is 88.9 Å². The van der Waals surface area contributed by atoms with Gasteiger partial charge >= 0.3 is 0 Å². The molecule has 0 saturated carbocycles. The van der Waals surface area contributed by atoms with E-state index >= 15 is 0 Å². The number of hydrogen-bond donors (Lipinski definition) is 1. The minimum atomic E-state index is -0.520. The van der Waals surface area contributed by atoms with E-state index in [4.69, 9.17) is 10.8 Å². The van der Waals surface area contributed by atoms with Gasteiger partial charge < -0.3 is 9.73 Å². The summed E-state index contributed by atoms with van der Waals surface area (Å²) in [6, 6.07) is 14.3. The molecule has 1 aliphatic heterocycles. The van der Waals surface area contributed by atoms with E-state index in [0.29, 0.717) is 17.0 Å². The number of fused-ring (bicyclic) bond motifs is 1. The highest BCUT2D eigenvalue weighted by Crippen LogP contribution is 2.27. The number of carbonyl (C=O) groups excluding carboxylic acids is 4. The van der Waals surface area contributed by atoms with Gasteiger partial charge in [0.05, 0.1) is 23.9 Å². The fourth-order valence-corrected chi connectivity index (χ4v) is 3.55. The molecule has 0 spiro atoms. The second kappa shape index (κ2) is 8.85. The number of likely N-dealkylation sites (N-methyl/N-ethyl adjacent to an activating group) is 1. The molecule has 0 unspecified atom stereocenters. The number of terminal acetylenes is 1. The number of hydrogen-bond acceptors (Lipinski definition) is 5. The van der Waals surface area contributed by atoms with E-state index in [1.165, 1.54) is 36.4 Å². The number of furan rings is 1. The third-order valence-electron chi connectivity index (χ3n) is 5.26. The molecule has 33 heavy (non-hydrogen) atoms. The molecule has 0 aliphatic carbocycles. The third-order valence-corrected chi connectivity index (χ3v) is 5.26. The van der Waals surface area contributed by atoms with E-state index < -0.39 is 17.7 Å². The van der Waals surface area contributed by atoms with Crippen LogP contribution in [0, 0.1) is 12.3 Å². The summed E-state index contributed by atoms with van der Waals surface area (Å²) in [5.74, 6) is 1.09. The quantitative estimate of drug-likeness (QED) is 0.468. The van der Waals surface area contributed by atoms with Gasteiger partial charge in [-0.1, -0.05) is 12.0 Å². The van der Waals surface area contributed by atoms with Crippen LogP contribution < -0.4 is 10.2 Å². The lowest BCUT2D eigenvalue weighted by Crippen LogP contribution is -2.40. The summed E-state index contributed by atoms with van der Waals surface area (Å²) in [6.07, 6.45) is 6.93. The van der Waals surface area contributed by atoms with Gasteiger partial charge in [-0.15, -0.1) is 6.42 Å². The van der Waals surface area contributed by atoms with Crippen molar-refractivity contribution in [1.82, 2.24) is 10.2 Å². The van der Waals surface area contributed by atoms with E-state index in [2.05, 4.69) is 11.2 Å². The summed E-state index contributed by atoms with van der Waals surface area (Å²) in [5, 5.41) is 2.49. The number of carbonyl (C=O) groups is 4. The first-order valence-corrected chi connectivity index (χ1v) is 10.0. The molecule has 164 valence electrons. The number of imide groups is 1. The van der Waals surface area contributed by atoms with Crippen molar-refractivity contribution in [2.45, 2.75) is 6.54 Å². The zero-order chi connectivity index (χ0) is 23.5. The van der Waals surface area contributed by atoms with Crippen molar-refractivity contribution < 1.29 is 23.6 Å². The maximum Gasteiger partial charge on any atom is 0.261 e. The van der Waals surface area contributed by atoms with E-state index in [-0.39, 0.29) is 35.7 Å². The van der Waals surface area contributed by atoms with Crippen LogP contribution in [0.2, 0.25) is 0 Å². The van der Waals surface area contributed by atoms with Crippen LogP contribution in [0.3, 0.4) is 0 Å². The highest BCUT2D eigenvalue weighted by atomic mass is 16.3. The minimum Gasteiger partial charge on any atom is -0.467 e. The molecule has 0 fully saturated rings. The molecule has 1 aliphatic rings. The minimum absolute atomic E-state index is 0.00962. The molecule has 8 nitrogen and oxygen atoms in total. The number of nitrogens with zero attached hydrogens (tertiary/aromatic N) is 2. The fourth-order valence-electron chi connectivity index (χ4n) is 3.55. The Balaban J connectivity index is 1.67. The average Bonchev–Trinajstić information content (AvgIpc) is 3.44. The van der Waals surface area contributed by atoms with Gasteiger partial charge in [0.2, 0.25) is 5.91 Å². The van der Waals surface area contributed by atoms with Gasteiger partial charge in [0, 0.05) is 23.9 Å². The monoisotopic (exact) mass is 441 g/mol. The lowest BCUT2D eigenvalue weighted by atomic mass is 10.0. The van der Waals surface area contributed by atoms with E-state index in [1.54, 1.807) is 36.4 Å². The molecular formula is C25H19N3O5. The van der Waals surface area contributed by atoms with Gasteiger partial charge in [0.1, 0.15) is 12.3 Å². The predicted octanol–water partition coefficient (Wildman–Crippen LogP) is 2.45. The predicted molar refractivity (Wildman–Crippen MR) is 119 cm³/mol. The molecule has 8 heteroatoms. The summed E-state index contributed by atoms with van der Waals surface area (Å²) >= 11 is 0. The lowest BCUT2D eigenvalue weighted by Gasteiger charge is -2.22. The highest BCUT2D eigenvalue weighted by molar-refractivity contribution is 6.22. The van der Waals surface area contributed by atoms with Gasteiger partial charge in [0.15, 0.2) is 0 Å². The summed E-state index contributed by atoms with van der Waals surface area (Å²) in [6.45, 7) is -0.262. The molecule has 0 bridgehead atoms. The Morgan fingerprint density at radius 2 is 1.85 bits per heavy atom. The Morgan fingerprint density at radius 3 is 2.55 bits per heavy atom. The second-order valence-corrected chi connectivity index (χ2v) is 7.30. The maximum absolute atomic E-state index is 13.4. The molecule has 0 radical (unpaired) electrons. The third kappa shape index (κ3) is 4.12. The van der Waals surface area contributed by atoms with E-state index in [0.717, 1.165) is 4.90 Å². The molecule has 2 heterocycles. The first-order chi connectivity index (χ1) is 15.9. The van der Waals surface area contributed by atoms with Crippen molar-refractivity contribution in [2.24, 2.45) is 0 Å². The second-order valence-electron chi connectivity index (χ2n) is 7.30. The molecule has 0 atom stereocenters. The summed E-state index contributed by atoms with van der Waals surface area (Å²) < 4.78 is 5.24. The van der Waals surface area contributed by atoms with Crippen LogP contribution >= 0.6 is 0 Å². The number of amides is 4. The van der Waals surface area contributed by atoms with Crippen LogP contribution in [-0.4, -0.2) is 42.1 Å². The molecule has 3 aromatic rings. The standard InChI is InChI=1S/C25H19N3O5/c1-3-16-6-4-7-18(12-16)27(15-22(29)26-2)23(30)17-9-10-20-21(13-17)25(32)28(24(20)31)14-19-8-5-11-33-19/h1,4-13H,14-15H2,2H3,(H,26,29). The Labute approximate surface area is 189 Å². The van der Waals surface area contributed by atoms with Crippen molar-refractivity contribution >= 4 is 29.3 Å². The number of nitrogens with one attached hydrogen (secondary N) is 1. The van der Waals surface area contributed by atoms with Crippen LogP contribution in [0.25, 0.3) is 0 Å². The normalized spacial score (nSPS) is 12.3. The zero-order valence-corrected chi connectivity index (χ0v) is 17.7. The van der Waals surface area contributed by atoms with E-state index in [1.807, 2.05) is 0 Å². The Morgan fingerprint density at radius 1 is 1.06 bits per heavy atom. The highest BCUT2D eigenvalue weighted by Gasteiger charge is 2.37. The van der Waals surface area contributed by atoms with Crippen molar-refractivity contribution in [3.8, 4) is 12.3 Å². The van der Waals surface area contributed by atoms with Crippen LogP contribution in [0.5, 0.6) is 0 Å². The molecule has 1 aromatic heterocycles. The summed E-state index contributed by atoms with van der Waals surface area (Å²) in [5.41, 5.74) is 1.46. The van der Waals surface area contributed by atoms with Gasteiger partial charge in [-0.2, -0.15) is 0 Å². The van der Waals surface area contributed by atoms with Crippen LogP contribution in [0.15, 0.2) is 65.3 Å². The summed E-state index contributed by atoms with van der Waals surface area (Å²) in [4.78, 5) is 53.5. The first kappa shape index (κ1) is 21.6. The topological polar surface area (TPSA) is 99.9 Å². The van der Waals surface area contributed by atoms with Gasteiger partial charge in [-0.25, -0.2) is 0 Å². The van der Waals surface area contributed by atoms with Gasteiger partial charge in [0.25, 0.3) is 17.7 Å². The maximum atomic E-state index is 13.4.